The molecule has 2 amide bonds. The Labute approximate surface area is 209 Å². The number of aromatic amines is 1. The number of aromatic nitrogens is 3. The normalized spacial score (nSPS) is 16.7. The maximum atomic E-state index is 13.3. The molecule has 1 saturated heterocycles. The number of halogens is 1. The summed E-state index contributed by atoms with van der Waals surface area (Å²) >= 11 is 0. The zero-order valence-electron chi connectivity index (χ0n) is 20.5. The van der Waals surface area contributed by atoms with Crippen molar-refractivity contribution < 1.29 is 13.9 Å². The lowest BCUT2D eigenvalue weighted by atomic mass is 10.1. The number of fused-ring (bicyclic) bond motifs is 1. The third kappa shape index (κ3) is 4.68. The second kappa shape index (κ2) is 9.85. The first-order chi connectivity index (χ1) is 17.4. The Hall–Kier alpha value is -4.14. The molecule has 0 saturated carbocycles. The lowest BCUT2D eigenvalue weighted by Gasteiger charge is -2.40. The van der Waals surface area contributed by atoms with Crippen LogP contribution in [-0.2, 0) is 0 Å². The van der Waals surface area contributed by atoms with Crippen molar-refractivity contribution in [2.24, 2.45) is 0 Å². The van der Waals surface area contributed by atoms with Crippen LogP contribution in [-0.4, -0.2) is 58.7 Å². The quantitative estimate of drug-likeness (QED) is 0.423. The van der Waals surface area contributed by atoms with Crippen LogP contribution in [0.4, 0.5) is 15.0 Å². The number of rotatable bonds is 5. The first-order valence-electron chi connectivity index (χ1n) is 12.0. The molecule has 2 N–H and O–H groups in total. The number of amides is 2. The van der Waals surface area contributed by atoms with Crippen LogP contribution in [0.5, 0.6) is 5.75 Å². The molecular weight excluding hydrogens is 459 g/mol. The van der Waals surface area contributed by atoms with Gasteiger partial charge in [-0.2, -0.15) is 0 Å². The Morgan fingerprint density at radius 1 is 1.17 bits per heavy atom. The van der Waals surface area contributed by atoms with E-state index >= 15 is 0 Å². The molecule has 3 heterocycles. The van der Waals surface area contributed by atoms with Gasteiger partial charge in [0.1, 0.15) is 29.4 Å². The maximum absolute atomic E-state index is 13.3. The number of urea groups is 1. The van der Waals surface area contributed by atoms with Crippen LogP contribution in [0.3, 0.4) is 0 Å². The van der Waals surface area contributed by atoms with E-state index in [0.717, 1.165) is 39.4 Å². The minimum atomic E-state index is -0.274. The molecule has 8 nitrogen and oxygen atoms in total. The van der Waals surface area contributed by atoms with E-state index in [4.69, 9.17) is 4.74 Å². The van der Waals surface area contributed by atoms with Gasteiger partial charge < -0.3 is 24.8 Å². The molecule has 0 bridgehead atoms. The molecule has 1 aliphatic heterocycles. The summed E-state index contributed by atoms with van der Waals surface area (Å²) in [6.45, 7) is 5.87. The third-order valence-corrected chi connectivity index (χ3v) is 6.68. The van der Waals surface area contributed by atoms with E-state index in [-0.39, 0.29) is 23.9 Å². The van der Waals surface area contributed by atoms with Crippen LogP contribution in [0.1, 0.15) is 25.5 Å². The van der Waals surface area contributed by atoms with Crippen molar-refractivity contribution in [2.75, 3.05) is 31.6 Å². The molecule has 1 fully saturated rings. The number of H-pyrrole nitrogens is 1. The number of carbonyl (C=O) groups excluding carboxylic acids is 1. The number of methoxy groups -OCH3 is 1. The van der Waals surface area contributed by atoms with Crippen LogP contribution in [0, 0.1) is 5.82 Å². The number of piperazine rings is 1. The van der Waals surface area contributed by atoms with E-state index in [1.165, 1.54) is 12.1 Å². The molecule has 5 rings (SSSR count). The van der Waals surface area contributed by atoms with Crippen molar-refractivity contribution in [3.63, 3.8) is 0 Å². The predicted octanol–water partition coefficient (Wildman–Crippen LogP) is 4.75. The molecule has 186 valence electrons. The van der Waals surface area contributed by atoms with Gasteiger partial charge in [-0.15, -0.1) is 0 Å². The fourth-order valence-corrected chi connectivity index (χ4v) is 4.68. The van der Waals surface area contributed by atoms with Crippen LogP contribution < -0.4 is 15.0 Å². The van der Waals surface area contributed by atoms with Gasteiger partial charge in [-0.25, -0.2) is 19.2 Å². The zero-order chi connectivity index (χ0) is 25.2. The lowest BCUT2D eigenvalue weighted by Crippen LogP contribution is -2.57. The Kier molecular flexibility index (Phi) is 6.45. The predicted molar refractivity (Wildman–Crippen MR) is 138 cm³/mol. The Balaban J connectivity index is 1.29. The number of hydrogen-bond acceptors (Lipinski definition) is 5. The minimum Gasteiger partial charge on any atom is -0.497 e. The van der Waals surface area contributed by atoms with Gasteiger partial charge in [0.25, 0.3) is 0 Å². The van der Waals surface area contributed by atoms with Gasteiger partial charge in [-0.3, -0.25) is 0 Å². The number of nitrogens with zero attached hydrogens (tertiary/aromatic N) is 4. The molecule has 0 aliphatic carbocycles. The lowest BCUT2D eigenvalue weighted by molar-refractivity contribution is 0.168. The van der Waals surface area contributed by atoms with Crippen molar-refractivity contribution in [1.29, 1.82) is 0 Å². The smallest absolute Gasteiger partial charge is 0.318 e. The van der Waals surface area contributed by atoms with E-state index in [1.807, 2.05) is 49.1 Å². The van der Waals surface area contributed by atoms with Gasteiger partial charge in [-0.05, 0) is 67.4 Å². The summed E-state index contributed by atoms with van der Waals surface area (Å²) in [6, 6.07) is 15.8. The van der Waals surface area contributed by atoms with E-state index < -0.39 is 0 Å². The molecular formula is C27H29FN6O2. The number of anilines is 1. The van der Waals surface area contributed by atoms with Gasteiger partial charge in [0.2, 0.25) is 0 Å². The largest absolute Gasteiger partial charge is 0.497 e. The Morgan fingerprint density at radius 3 is 2.72 bits per heavy atom. The average molecular weight is 489 g/mol. The van der Waals surface area contributed by atoms with Gasteiger partial charge >= 0.3 is 6.03 Å². The van der Waals surface area contributed by atoms with Gasteiger partial charge in [-0.1, -0.05) is 12.1 Å². The highest BCUT2D eigenvalue weighted by molar-refractivity contribution is 5.92. The van der Waals surface area contributed by atoms with Crippen LogP contribution in [0.25, 0.3) is 22.3 Å². The van der Waals surface area contributed by atoms with E-state index in [2.05, 4.69) is 25.2 Å². The number of nitrogens with one attached hydrogen (secondary N) is 2. The Bertz CT molecular complexity index is 1370. The second-order valence-corrected chi connectivity index (χ2v) is 9.09. The SMILES string of the molecule is COc1cccc(C(C)NC(=O)N2CCN(c3ncnc4[nH]c(-c5ccc(F)cc5)cc34)CC2C)c1. The monoisotopic (exact) mass is 488 g/mol. The molecule has 2 atom stereocenters. The van der Waals surface area contributed by atoms with Gasteiger partial charge in [0.05, 0.1) is 18.5 Å². The minimum absolute atomic E-state index is 0.0169. The fourth-order valence-electron chi connectivity index (χ4n) is 4.68. The van der Waals surface area contributed by atoms with E-state index in [1.54, 1.807) is 25.6 Å². The Morgan fingerprint density at radius 2 is 1.97 bits per heavy atom. The first-order valence-corrected chi connectivity index (χ1v) is 12.0. The summed E-state index contributed by atoms with van der Waals surface area (Å²) in [4.78, 5) is 29.4. The summed E-state index contributed by atoms with van der Waals surface area (Å²) in [5.74, 6) is 1.31. The van der Waals surface area contributed by atoms with Crippen molar-refractivity contribution in [1.82, 2.24) is 25.2 Å². The summed E-state index contributed by atoms with van der Waals surface area (Å²) in [6.07, 6.45) is 1.54. The van der Waals surface area contributed by atoms with Crippen molar-refractivity contribution in [3.8, 4) is 17.0 Å². The summed E-state index contributed by atoms with van der Waals surface area (Å²) < 4.78 is 18.7. The molecule has 2 aromatic heterocycles. The van der Waals surface area contributed by atoms with Crippen molar-refractivity contribution in [2.45, 2.75) is 25.9 Å². The zero-order valence-corrected chi connectivity index (χ0v) is 20.5. The molecule has 1 aliphatic rings. The van der Waals surface area contributed by atoms with Gasteiger partial charge in [0.15, 0.2) is 0 Å². The molecule has 0 spiro atoms. The van der Waals surface area contributed by atoms with E-state index in [0.29, 0.717) is 19.6 Å². The third-order valence-electron chi connectivity index (χ3n) is 6.68. The highest BCUT2D eigenvalue weighted by Gasteiger charge is 2.30. The standard InChI is InChI=1S/C27H29FN6O2/c1-17-15-33(11-12-34(17)27(35)31-18(2)20-5-4-6-22(13-20)36-3)26-23-14-24(32-25(23)29-16-30-26)19-7-9-21(28)10-8-19/h4-10,13-14,16-18H,11-12,15H2,1-3H3,(H,31,35)(H,29,30,32). The number of benzene rings is 2. The van der Waals surface area contributed by atoms with Crippen LogP contribution in [0.2, 0.25) is 0 Å². The van der Waals surface area contributed by atoms with Crippen LogP contribution >= 0.6 is 0 Å². The molecule has 4 aromatic rings. The summed E-state index contributed by atoms with van der Waals surface area (Å²) in [7, 11) is 1.63. The molecule has 0 radical (unpaired) electrons. The van der Waals surface area contributed by atoms with E-state index in [9.17, 15) is 9.18 Å². The maximum Gasteiger partial charge on any atom is 0.318 e. The number of hydrogen-bond donors (Lipinski definition) is 2. The van der Waals surface area contributed by atoms with Crippen molar-refractivity contribution >= 4 is 22.9 Å². The highest BCUT2D eigenvalue weighted by atomic mass is 19.1. The second-order valence-electron chi connectivity index (χ2n) is 9.09. The molecule has 9 heteroatoms. The average Bonchev–Trinajstić information content (AvgIpc) is 3.33. The molecule has 2 unspecified atom stereocenters. The van der Waals surface area contributed by atoms with Crippen molar-refractivity contribution in [3.05, 3.63) is 72.3 Å². The summed E-state index contributed by atoms with van der Waals surface area (Å²) in [5, 5.41) is 4.01. The highest BCUT2D eigenvalue weighted by Crippen LogP contribution is 2.30. The van der Waals surface area contributed by atoms with Gasteiger partial charge in [0, 0.05) is 31.4 Å². The first kappa shape index (κ1) is 23.6. The fraction of sp³-hybridized carbons (Fsp3) is 0.296. The molecule has 36 heavy (non-hydrogen) atoms. The van der Waals surface area contributed by atoms with Crippen LogP contribution in [0.15, 0.2) is 60.9 Å². The topological polar surface area (TPSA) is 86.4 Å². The molecule has 2 aromatic carbocycles. The number of carbonyl (C=O) groups is 1. The summed E-state index contributed by atoms with van der Waals surface area (Å²) in [5.41, 5.74) is 3.44. The number of ether oxygens (including phenoxy) is 1.